The molecule has 0 aliphatic carbocycles. The Morgan fingerprint density at radius 2 is 1.84 bits per heavy atom. The molecule has 0 saturated carbocycles. The van der Waals surface area contributed by atoms with Crippen molar-refractivity contribution < 1.29 is 4.74 Å². The van der Waals surface area contributed by atoms with Crippen molar-refractivity contribution in [1.29, 1.82) is 0 Å². The second-order valence-electron chi connectivity index (χ2n) is 4.74. The van der Waals surface area contributed by atoms with Gasteiger partial charge in [0.2, 0.25) is 0 Å². The van der Waals surface area contributed by atoms with Crippen molar-refractivity contribution in [3.63, 3.8) is 0 Å². The van der Waals surface area contributed by atoms with Gasteiger partial charge >= 0.3 is 0 Å². The second kappa shape index (κ2) is 6.09. The highest BCUT2D eigenvalue weighted by Gasteiger charge is 2.03. The SMILES string of the molecule is Cc1ccc(COc2ccc([C@H](C)N)cc2)c(Cl)c1. The summed E-state index contributed by atoms with van der Waals surface area (Å²) in [5, 5.41) is 0.743. The van der Waals surface area contributed by atoms with E-state index in [2.05, 4.69) is 0 Å². The number of nitrogens with two attached hydrogens (primary N) is 1. The monoisotopic (exact) mass is 275 g/mol. The van der Waals surface area contributed by atoms with Gasteiger partial charge in [-0.05, 0) is 43.2 Å². The van der Waals surface area contributed by atoms with Crippen LogP contribution in [0.5, 0.6) is 5.75 Å². The van der Waals surface area contributed by atoms with E-state index in [-0.39, 0.29) is 6.04 Å². The third kappa shape index (κ3) is 3.72. The predicted molar refractivity (Wildman–Crippen MR) is 79.6 cm³/mol. The quantitative estimate of drug-likeness (QED) is 0.905. The summed E-state index contributed by atoms with van der Waals surface area (Å²) in [6.45, 7) is 4.45. The van der Waals surface area contributed by atoms with E-state index in [4.69, 9.17) is 22.1 Å². The summed E-state index contributed by atoms with van der Waals surface area (Å²) in [7, 11) is 0. The molecule has 0 aromatic heterocycles. The Kier molecular flexibility index (Phi) is 4.46. The molecule has 0 unspecified atom stereocenters. The number of halogens is 1. The van der Waals surface area contributed by atoms with Crippen LogP contribution < -0.4 is 10.5 Å². The molecule has 3 heteroatoms. The van der Waals surface area contributed by atoms with E-state index < -0.39 is 0 Å². The summed E-state index contributed by atoms with van der Waals surface area (Å²) in [4.78, 5) is 0. The fourth-order valence-corrected chi connectivity index (χ4v) is 2.09. The molecule has 2 aromatic carbocycles. The van der Waals surface area contributed by atoms with E-state index in [1.807, 2.05) is 56.3 Å². The van der Waals surface area contributed by atoms with E-state index >= 15 is 0 Å². The number of ether oxygens (including phenoxy) is 1. The van der Waals surface area contributed by atoms with Crippen LogP contribution in [0.15, 0.2) is 42.5 Å². The molecule has 2 N–H and O–H groups in total. The van der Waals surface area contributed by atoms with Crippen LogP contribution in [0.25, 0.3) is 0 Å². The van der Waals surface area contributed by atoms with Gasteiger partial charge in [-0.25, -0.2) is 0 Å². The number of hydrogen-bond acceptors (Lipinski definition) is 2. The van der Waals surface area contributed by atoms with Crippen molar-refractivity contribution in [2.24, 2.45) is 5.73 Å². The van der Waals surface area contributed by atoms with Gasteiger partial charge in [0.1, 0.15) is 12.4 Å². The van der Waals surface area contributed by atoms with Crippen LogP contribution in [0.2, 0.25) is 5.02 Å². The molecule has 0 aliphatic rings. The van der Waals surface area contributed by atoms with E-state index in [1.165, 1.54) is 0 Å². The van der Waals surface area contributed by atoms with Gasteiger partial charge < -0.3 is 10.5 Å². The first kappa shape index (κ1) is 13.9. The lowest BCUT2D eigenvalue weighted by molar-refractivity contribution is 0.306. The third-order valence-corrected chi connectivity index (χ3v) is 3.36. The summed E-state index contributed by atoms with van der Waals surface area (Å²) in [5.41, 5.74) is 9.04. The van der Waals surface area contributed by atoms with Crippen LogP contribution in [0.3, 0.4) is 0 Å². The maximum atomic E-state index is 6.17. The Morgan fingerprint density at radius 1 is 1.16 bits per heavy atom. The van der Waals surface area contributed by atoms with Crippen LogP contribution >= 0.6 is 11.6 Å². The lowest BCUT2D eigenvalue weighted by Crippen LogP contribution is -2.04. The lowest BCUT2D eigenvalue weighted by atomic mass is 10.1. The van der Waals surface area contributed by atoms with Crippen LogP contribution in [0.4, 0.5) is 0 Å². The van der Waals surface area contributed by atoms with Gasteiger partial charge in [0.05, 0.1) is 0 Å². The van der Waals surface area contributed by atoms with Gasteiger partial charge in [0, 0.05) is 16.6 Å². The normalized spacial score (nSPS) is 12.2. The Morgan fingerprint density at radius 3 is 2.42 bits per heavy atom. The minimum atomic E-state index is 0.0422. The summed E-state index contributed by atoms with van der Waals surface area (Å²) >= 11 is 6.17. The minimum Gasteiger partial charge on any atom is -0.489 e. The Balaban J connectivity index is 2.02. The summed E-state index contributed by atoms with van der Waals surface area (Å²) in [6.07, 6.45) is 0. The smallest absolute Gasteiger partial charge is 0.119 e. The second-order valence-corrected chi connectivity index (χ2v) is 5.15. The minimum absolute atomic E-state index is 0.0422. The maximum absolute atomic E-state index is 6.17. The van der Waals surface area contributed by atoms with Crippen LogP contribution in [-0.2, 0) is 6.61 Å². The standard InChI is InChI=1S/C16H18ClNO/c1-11-3-4-14(16(17)9-11)10-19-15-7-5-13(6-8-15)12(2)18/h3-9,12H,10,18H2,1-2H3/t12-/m0/s1. The molecule has 0 fully saturated rings. The molecule has 0 saturated heterocycles. The van der Waals surface area contributed by atoms with Gasteiger partial charge in [-0.1, -0.05) is 35.9 Å². The van der Waals surface area contributed by atoms with Crippen molar-refractivity contribution in [1.82, 2.24) is 0 Å². The van der Waals surface area contributed by atoms with Crippen LogP contribution in [-0.4, -0.2) is 0 Å². The highest BCUT2D eigenvalue weighted by atomic mass is 35.5. The molecule has 100 valence electrons. The number of benzene rings is 2. The van der Waals surface area contributed by atoms with Gasteiger partial charge in [-0.2, -0.15) is 0 Å². The molecule has 0 spiro atoms. The molecule has 1 atom stereocenters. The Labute approximate surface area is 119 Å². The zero-order chi connectivity index (χ0) is 13.8. The fraction of sp³-hybridized carbons (Fsp3) is 0.250. The number of rotatable bonds is 4. The van der Waals surface area contributed by atoms with Crippen LogP contribution in [0, 0.1) is 6.92 Å². The van der Waals surface area contributed by atoms with Crippen LogP contribution in [0.1, 0.15) is 29.7 Å². The molecule has 19 heavy (non-hydrogen) atoms. The molecule has 2 rings (SSSR count). The van der Waals surface area contributed by atoms with E-state index in [1.54, 1.807) is 0 Å². The van der Waals surface area contributed by atoms with E-state index in [0.29, 0.717) is 6.61 Å². The zero-order valence-electron chi connectivity index (χ0n) is 11.2. The van der Waals surface area contributed by atoms with Crippen molar-refractivity contribution in [3.8, 4) is 5.75 Å². The molecule has 0 aliphatic heterocycles. The predicted octanol–water partition coefficient (Wildman–Crippen LogP) is 4.25. The summed E-state index contributed by atoms with van der Waals surface area (Å²) < 4.78 is 5.72. The van der Waals surface area contributed by atoms with Gasteiger partial charge in [-0.15, -0.1) is 0 Å². The van der Waals surface area contributed by atoms with E-state index in [0.717, 1.165) is 27.5 Å². The molecule has 0 amide bonds. The average Bonchev–Trinajstić information content (AvgIpc) is 2.38. The van der Waals surface area contributed by atoms with E-state index in [9.17, 15) is 0 Å². The largest absolute Gasteiger partial charge is 0.489 e. The fourth-order valence-electron chi connectivity index (χ4n) is 1.80. The highest BCUT2D eigenvalue weighted by molar-refractivity contribution is 6.31. The molecular weight excluding hydrogens is 258 g/mol. The first-order valence-electron chi connectivity index (χ1n) is 6.29. The molecular formula is C16H18ClNO. The molecule has 2 nitrogen and oxygen atoms in total. The molecule has 0 heterocycles. The molecule has 2 aromatic rings. The first-order chi connectivity index (χ1) is 9.06. The van der Waals surface area contributed by atoms with Crippen molar-refractivity contribution >= 4 is 11.6 Å². The van der Waals surface area contributed by atoms with Gasteiger partial charge in [0.25, 0.3) is 0 Å². The Bertz CT molecular complexity index is 549. The topological polar surface area (TPSA) is 35.2 Å². The third-order valence-electron chi connectivity index (χ3n) is 3.01. The Hall–Kier alpha value is -1.51. The molecule has 0 bridgehead atoms. The van der Waals surface area contributed by atoms with Gasteiger partial charge in [-0.3, -0.25) is 0 Å². The van der Waals surface area contributed by atoms with Crippen molar-refractivity contribution in [2.75, 3.05) is 0 Å². The van der Waals surface area contributed by atoms with Crippen molar-refractivity contribution in [2.45, 2.75) is 26.5 Å². The van der Waals surface area contributed by atoms with Gasteiger partial charge in [0.15, 0.2) is 0 Å². The summed E-state index contributed by atoms with van der Waals surface area (Å²) in [5.74, 6) is 0.820. The zero-order valence-corrected chi connectivity index (χ0v) is 11.9. The molecule has 0 radical (unpaired) electrons. The maximum Gasteiger partial charge on any atom is 0.119 e. The number of hydrogen-bond donors (Lipinski definition) is 1. The highest BCUT2D eigenvalue weighted by Crippen LogP contribution is 2.21. The lowest BCUT2D eigenvalue weighted by Gasteiger charge is -2.10. The first-order valence-corrected chi connectivity index (χ1v) is 6.67. The van der Waals surface area contributed by atoms with Crippen molar-refractivity contribution in [3.05, 3.63) is 64.2 Å². The average molecular weight is 276 g/mol. The number of aryl methyl sites for hydroxylation is 1. The summed E-state index contributed by atoms with van der Waals surface area (Å²) in [6, 6.07) is 13.8.